The van der Waals surface area contributed by atoms with Crippen molar-refractivity contribution in [3.8, 4) is 0 Å². The average molecular weight is 323 g/mol. The van der Waals surface area contributed by atoms with Crippen molar-refractivity contribution in [2.45, 2.75) is 52.4 Å². The minimum atomic E-state index is -1.19. The summed E-state index contributed by atoms with van der Waals surface area (Å²) in [7, 11) is 0. The van der Waals surface area contributed by atoms with Gasteiger partial charge in [-0.15, -0.1) is 0 Å². The predicted octanol–water partition coefficient (Wildman–Crippen LogP) is 2.12. The first-order chi connectivity index (χ1) is 10.5. The van der Waals surface area contributed by atoms with E-state index < -0.39 is 23.9 Å². The van der Waals surface area contributed by atoms with Crippen LogP contribution in [-0.4, -0.2) is 40.3 Å². The second kappa shape index (κ2) is 7.57. The van der Waals surface area contributed by atoms with Gasteiger partial charge in [0.15, 0.2) is 5.78 Å². The summed E-state index contributed by atoms with van der Waals surface area (Å²) >= 11 is 0. The molecule has 0 heterocycles. The number of alkyl carbamates (subject to hydrolysis) is 1. The molecule has 0 saturated carbocycles. The molecule has 2 atom stereocenters. The third kappa shape index (κ3) is 6.00. The Morgan fingerprint density at radius 3 is 2.35 bits per heavy atom. The molecule has 1 amide bonds. The number of aryl methyl sites for hydroxylation is 1. The third-order valence-electron chi connectivity index (χ3n) is 3.21. The largest absolute Gasteiger partial charge is 0.444 e. The summed E-state index contributed by atoms with van der Waals surface area (Å²) in [5.74, 6) is -0.0683. The molecule has 0 bridgehead atoms. The van der Waals surface area contributed by atoms with Crippen molar-refractivity contribution in [1.82, 2.24) is 5.32 Å². The molecule has 0 radical (unpaired) electrons. The third-order valence-corrected chi connectivity index (χ3v) is 3.21. The SMILES string of the molecule is CC(=O)c1ccc(C(O)C(O)CNC(=O)OC(C)(C)C)c(C)c1. The average Bonchev–Trinajstić information content (AvgIpc) is 2.41. The second-order valence-electron chi connectivity index (χ2n) is 6.52. The van der Waals surface area contributed by atoms with E-state index in [0.29, 0.717) is 16.7 Å². The van der Waals surface area contributed by atoms with Crippen molar-refractivity contribution < 1.29 is 24.5 Å². The number of hydrogen-bond acceptors (Lipinski definition) is 5. The van der Waals surface area contributed by atoms with E-state index in [4.69, 9.17) is 4.74 Å². The zero-order valence-electron chi connectivity index (χ0n) is 14.2. The first-order valence-electron chi connectivity index (χ1n) is 7.45. The van der Waals surface area contributed by atoms with Crippen molar-refractivity contribution in [2.24, 2.45) is 0 Å². The van der Waals surface area contributed by atoms with Crippen LogP contribution in [0.4, 0.5) is 4.79 Å². The van der Waals surface area contributed by atoms with Crippen molar-refractivity contribution in [2.75, 3.05) is 6.54 Å². The minimum absolute atomic E-state index is 0.0683. The number of benzene rings is 1. The lowest BCUT2D eigenvalue weighted by Crippen LogP contribution is -2.39. The van der Waals surface area contributed by atoms with Gasteiger partial charge in [0, 0.05) is 12.1 Å². The lowest BCUT2D eigenvalue weighted by molar-refractivity contribution is 0.0126. The van der Waals surface area contributed by atoms with Crippen LogP contribution >= 0.6 is 0 Å². The highest BCUT2D eigenvalue weighted by molar-refractivity contribution is 5.94. The van der Waals surface area contributed by atoms with Crippen LogP contribution in [0.1, 0.15) is 55.3 Å². The fourth-order valence-electron chi connectivity index (χ4n) is 2.05. The molecule has 2 unspecified atom stereocenters. The van der Waals surface area contributed by atoms with Gasteiger partial charge in [0.1, 0.15) is 17.8 Å². The van der Waals surface area contributed by atoms with Gasteiger partial charge in [0.05, 0.1) is 0 Å². The highest BCUT2D eigenvalue weighted by Crippen LogP contribution is 2.22. The topological polar surface area (TPSA) is 95.9 Å². The molecule has 1 aromatic rings. The molecule has 0 fully saturated rings. The van der Waals surface area contributed by atoms with Crippen LogP contribution in [0.5, 0.6) is 0 Å². The van der Waals surface area contributed by atoms with Crippen LogP contribution in [0.2, 0.25) is 0 Å². The first-order valence-corrected chi connectivity index (χ1v) is 7.45. The number of carbonyl (C=O) groups excluding carboxylic acids is 2. The number of hydrogen-bond donors (Lipinski definition) is 3. The van der Waals surface area contributed by atoms with Gasteiger partial charge in [-0.2, -0.15) is 0 Å². The maximum absolute atomic E-state index is 11.5. The maximum Gasteiger partial charge on any atom is 0.407 e. The summed E-state index contributed by atoms with van der Waals surface area (Å²) in [5, 5.41) is 22.7. The standard InChI is InChI=1S/C17H25NO5/c1-10-8-12(11(2)19)6-7-13(10)15(21)14(20)9-18-16(22)23-17(3,4)5/h6-8,14-15,20-21H,9H2,1-5H3,(H,18,22). The monoisotopic (exact) mass is 323 g/mol. The fourth-order valence-corrected chi connectivity index (χ4v) is 2.05. The smallest absolute Gasteiger partial charge is 0.407 e. The number of amides is 1. The molecule has 3 N–H and O–H groups in total. The molecule has 0 aliphatic carbocycles. The van der Waals surface area contributed by atoms with Gasteiger partial charge in [0.2, 0.25) is 0 Å². The normalized spacial score (nSPS) is 14.0. The molecule has 0 aliphatic rings. The van der Waals surface area contributed by atoms with Crippen LogP contribution in [-0.2, 0) is 4.74 Å². The molecule has 128 valence electrons. The molecule has 0 spiro atoms. The number of Topliss-reactive ketones (excluding diaryl/α,β-unsaturated/α-hetero) is 1. The van der Waals surface area contributed by atoms with Crippen molar-refractivity contribution in [3.63, 3.8) is 0 Å². The summed E-state index contributed by atoms with van der Waals surface area (Å²) in [6.45, 7) is 8.26. The fraction of sp³-hybridized carbons (Fsp3) is 0.529. The summed E-state index contributed by atoms with van der Waals surface area (Å²) in [6.07, 6.45) is -3.03. The summed E-state index contributed by atoms with van der Waals surface area (Å²) in [5.41, 5.74) is 1.11. The lowest BCUT2D eigenvalue weighted by Gasteiger charge is -2.23. The Labute approximate surface area is 136 Å². The molecule has 0 saturated heterocycles. The molecule has 1 aromatic carbocycles. The zero-order chi connectivity index (χ0) is 17.8. The van der Waals surface area contributed by atoms with Crippen LogP contribution < -0.4 is 5.32 Å². The Morgan fingerprint density at radius 1 is 1.26 bits per heavy atom. The van der Waals surface area contributed by atoms with Gasteiger partial charge < -0.3 is 20.3 Å². The predicted molar refractivity (Wildman–Crippen MR) is 86.4 cm³/mol. The van der Waals surface area contributed by atoms with Crippen LogP contribution in [0.15, 0.2) is 18.2 Å². The van der Waals surface area contributed by atoms with Crippen molar-refractivity contribution in [3.05, 3.63) is 34.9 Å². The van der Waals surface area contributed by atoms with Crippen molar-refractivity contribution >= 4 is 11.9 Å². The number of nitrogens with one attached hydrogen (secondary N) is 1. The molecular formula is C17H25NO5. The van der Waals surface area contributed by atoms with Gasteiger partial charge >= 0.3 is 6.09 Å². The Kier molecular flexibility index (Phi) is 6.29. The van der Waals surface area contributed by atoms with Gasteiger partial charge in [-0.3, -0.25) is 4.79 Å². The number of ketones is 1. The van der Waals surface area contributed by atoms with Gasteiger partial charge in [-0.1, -0.05) is 12.1 Å². The van der Waals surface area contributed by atoms with Gasteiger partial charge in [-0.05, 0) is 51.8 Å². The van der Waals surface area contributed by atoms with E-state index in [0.717, 1.165) is 0 Å². The minimum Gasteiger partial charge on any atom is -0.444 e. The van der Waals surface area contributed by atoms with Crippen LogP contribution in [0.25, 0.3) is 0 Å². The van der Waals surface area contributed by atoms with Gasteiger partial charge in [-0.25, -0.2) is 4.79 Å². The maximum atomic E-state index is 11.5. The Hall–Kier alpha value is -1.92. The number of aliphatic hydroxyl groups excluding tert-OH is 2. The first kappa shape index (κ1) is 19.1. The number of rotatable bonds is 5. The molecule has 1 rings (SSSR count). The quantitative estimate of drug-likeness (QED) is 0.721. The van der Waals surface area contributed by atoms with E-state index >= 15 is 0 Å². The second-order valence-corrected chi connectivity index (χ2v) is 6.52. The molecule has 6 nitrogen and oxygen atoms in total. The number of ether oxygens (including phenoxy) is 1. The Morgan fingerprint density at radius 2 is 1.87 bits per heavy atom. The Bertz CT molecular complexity index is 577. The summed E-state index contributed by atoms with van der Waals surface area (Å²) < 4.78 is 5.06. The van der Waals surface area contributed by atoms with Crippen LogP contribution in [0, 0.1) is 6.92 Å². The highest BCUT2D eigenvalue weighted by Gasteiger charge is 2.22. The summed E-state index contributed by atoms with van der Waals surface area (Å²) in [6, 6.07) is 4.87. The Balaban J connectivity index is 2.68. The van der Waals surface area contributed by atoms with E-state index in [-0.39, 0.29) is 12.3 Å². The van der Waals surface area contributed by atoms with E-state index in [1.165, 1.54) is 6.92 Å². The van der Waals surface area contributed by atoms with Gasteiger partial charge in [0.25, 0.3) is 0 Å². The number of carbonyl (C=O) groups is 2. The molecule has 23 heavy (non-hydrogen) atoms. The number of aliphatic hydroxyl groups is 2. The molecule has 0 aliphatic heterocycles. The highest BCUT2D eigenvalue weighted by atomic mass is 16.6. The molecule has 0 aromatic heterocycles. The van der Waals surface area contributed by atoms with Crippen molar-refractivity contribution in [1.29, 1.82) is 0 Å². The molecular weight excluding hydrogens is 298 g/mol. The van der Waals surface area contributed by atoms with E-state index in [9.17, 15) is 19.8 Å². The van der Waals surface area contributed by atoms with E-state index in [1.54, 1.807) is 45.9 Å². The van der Waals surface area contributed by atoms with E-state index in [1.807, 2.05) is 0 Å². The molecule has 6 heteroatoms. The zero-order valence-corrected chi connectivity index (χ0v) is 14.2. The van der Waals surface area contributed by atoms with Crippen LogP contribution in [0.3, 0.4) is 0 Å². The van der Waals surface area contributed by atoms with E-state index in [2.05, 4.69) is 5.32 Å². The lowest BCUT2D eigenvalue weighted by atomic mass is 9.96. The summed E-state index contributed by atoms with van der Waals surface area (Å²) in [4.78, 5) is 22.9.